The molecule has 0 bridgehead atoms. The number of Topliss-reactive ketones (excluding diaryl/α,β-unsaturated/α-hetero) is 1. The Morgan fingerprint density at radius 1 is 1.39 bits per heavy atom. The molecule has 0 radical (unpaired) electrons. The third-order valence-electron chi connectivity index (χ3n) is 2.53. The highest BCUT2D eigenvalue weighted by atomic mass is 35.5. The van der Waals surface area contributed by atoms with Gasteiger partial charge >= 0.3 is 5.97 Å². The Morgan fingerprint density at radius 2 is 2.06 bits per heavy atom. The number of rotatable bonds is 5. The minimum Gasteiger partial charge on any atom is -0.466 e. The van der Waals surface area contributed by atoms with E-state index in [1.807, 2.05) is 19.1 Å². The minimum atomic E-state index is -0.603. The molecule has 0 saturated carbocycles. The monoisotopic (exact) mass is 268 g/mol. The molecule has 1 aromatic carbocycles. The van der Waals surface area contributed by atoms with Gasteiger partial charge in [0, 0.05) is 5.56 Å². The van der Waals surface area contributed by atoms with E-state index < -0.39 is 5.38 Å². The average Bonchev–Trinajstić information content (AvgIpc) is 2.28. The normalized spacial score (nSPS) is 12.0. The van der Waals surface area contributed by atoms with Crippen LogP contribution in [0.1, 0.15) is 35.3 Å². The van der Waals surface area contributed by atoms with E-state index in [-0.39, 0.29) is 18.2 Å². The van der Waals surface area contributed by atoms with Crippen LogP contribution in [0.3, 0.4) is 0 Å². The summed E-state index contributed by atoms with van der Waals surface area (Å²) >= 11 is 5.81. The predicted octanol–water partition coefficient (Wildman–Crippen LogP) is 2.91. The molecule has 1 unspecified atom stereocenters. The second kappa shape index (κ2) is 6.55. The Bertz CT molecular complexity index is 452. The number of carbonyl (C=O) groups is 2. The van der Waals surface area contributed by atoms with E-state index in [4.69, 9.17) is 16.3 Å². The Morgan fingerprint density at radius 3 is 2.61 bits per heavy atom. The van der Waals surface area contributed by atoms with Gasteiger partial charge in [0.15, 0.2) is 5.78 Å². The molecule has 18 heavy (non-hydrogen) atoms. The molecule has 1 atom stereocenters. The SMILES string of the molecule is CCOC(=O)Cc1cc(C)ccc1C(=O)C(C)Cl. The van der Waals surface area contributed by atoms with Crippen LogP contribution in [0.2, 0.25) is 0 Å². The molecule has 0 amide bonds. The van der Waals surface area contributed by atoms with Gasteiger partial charge in [-0.1, -0.05) is 23.8 Å². The number of benzene rings is 1. The van der Waals surface area contributed by atoms with Gasteiger partial charge in [-0.15, -0.1) is 11.6 Å². The van der Waals surface area contributed by atoms with Crippen LogP contribution in [0.5, 0.6) is 0 Å². The van der Waals surface area contributed by atoms with Gasteiger partial charge in [-0.25, -0.2) is 0 Å². The lowest BCUT2D eigenvalue weighted by Crippen LogP contribution is -2.16. The zero-order chi connectivity index (χ0) is 13.7. The number of alkyl halides is 1. The number of carbonyl (C=O) groups excluding carboxylic acids is 2. The van der Waals surface area contributed by atoms with Crippen molar-refractivity contribution in [3.05, 3.63) is 34.9 Å². The van der Waals surface area contributed by atoms with E-state index in [1.165, 1.54) is 0 Å². The topological polar surface area (TPSA) is 43.4 Å². The van der Waals surface area contributed by atoms with Crippen LogP contribution in [0.25, 0.3) is 0 Å². The summed E-state index contributed by atoms with van der Waals surface area (Å²) in [4.78, 5) is 23.4. The molecule has 4 heteroatoms. The standard InChI is InChI=1S/C14H17ClO3/c1-4-18-13(16)8-11-7-9(2)5-6-12(11)14(17)10(3)15/h5-7,10H,4,8H2,1-3H3. The largest absolute Gasteiger partial charge is 0.466 e. The maximum Gasteiger partial charge on any atom is 0.310 e. The fourth-order valence-electron chi connectivity index (χ4n) is 1.69. The second-order valence-electron chi connectivity index (χ2n) is 4.12. The smallest absolute Gasteiger partial charge is 0.310 e. The van der Waals surface area contributed by atoms with Crippen molar-refractivity contribution in [1.82, 2.24) is 0 Å². The molecular formula is C14H17ClO3. The number of ether oxygens (including phenoxy) is 1. The first-order valence-corrected chi connectivity index (χ1v) is 6.32. The van der Waals surface area contributed by atoms with E-state index in [0.717, 1.165) is 5.56 Å². The quantitative estimate of drug-likeness (QED) is 0.468. The van der Waals surface area contributed by atoms with Crippen LogP contribution in [-0.4, -0.2) is 23.7 Å². The van der Waals surface area contributed by atoms with Gasteiger partial charge in [-0.2, -0.15) is 0 Å². The molecule has 1 rings (SSSR count). The third kappa shape index (κ3) is 3.84. The Hall–Kier alpha value is -1.35. The van der Waals surface area contributed by atoms with E-state index in [2.05, 4.69) is 0 Å². The van der Waals surface area contributed by atoms with Crippen molar-refractivity contribution < 1.29 is 14.3 Å². The molecule has 0 N–H and O–H groups in total. The number of ketones is 1. The molecule has 0 spiro atoms. The van der Waals surface area contributed by atoms with Gasteiger partial charge in [-0.05, 0) is 26.3 Å². The third-order valence-corrected chi connectivity index (χ3v) is 2.73. The van der Waals surface area contributed by atoms with Crippen molar-refractivity contribution in [2.24, 2.45) is 0 Å². The van der Waals surface area contributed by atoms with Crippen molar-refractivity contribution in [1.29, 1.82) is 0 Å². The van der Waals surface area contributed by atoms with Crippen molar-refractivity contribution in [2.75, 3.05) is 6.61 Å². The fraction of sp³-hybridized carbons (Fsp3) is 0.429. The molecule has 0 heterocycles. The maximum absolute atomic E-state index is 11.9. The minimum absolute atomic E-state index is 0.0974. The zero-order valence-corrected chi connectivity index (χ0v) is 11.6. The summed E-state index contributed by atoms with van der Waals surface area (Å²) in [6.07, 6.45) is 0.0974. The number of halogens is 1. The van der Waals surface area contributed by atoms with Crippen LogP contribution in [0.15, 0.2) is 18.2 Å². The fourth-order valence-corrected chi connectivity index (χ4v) is 1.81. The lowest BCUT2D eigenvalue weighted by molar-refractivity contribution is -0.142. The highest BCUT2D eigenvalue weighted by molar-refractivity contribution is 6.33. The number of aryl methyl sites for hydroxylation is 1. The predicted molar refractivity (Wildman–Crippen MR) is 71.2 cm³/mol. The first-order chi connectivity index (χ1) is 8.45. The van der Waals surface area contributed by atoms with E-state index in [1.54, 1.807) is 19.9 Å². The first-order valence-electron chi connectivity index (χ1n) is 5.89. The van der Waals surface area contributed by atoms with Gasteiger partial charge in [0.2, 0.25) is 0 Å². The Balaban J connectivity index is 3.04. The maximum atomic E-state index is 11.9. The molecule has 98 valence electrons. The van der Waals surface area contributed by atoms with Gasteiger partial charge in [-0.3, -0.25) is 9.59 Å². The van der Waals surface area contributed by atoms with Gasteiger partial charge in [0.05, 0.1) is 18.4 Å². The van der Waals surface area contributed by atoms with Crippen molar-refractivity contribution in [2.45, 2.75) is 32.6 Å². The summed E-state index contributed by atoms with van der Waals surface area (Å²) in [6, 6.07) is 5.37. The van der Waals surface area contributed by atoms with Gasteiger partial charge < -0.3 is 4.74 Å². The van der Waals surface area contributed by atoms with Crippen molar-refractivity contribution in [3.63, 3.8) is 0 Å². The molecule has 0 fully saturated rings. The van der Waals surface area contributed by atoms with Crippen molar-refractivity contribution >= 4 is 23.4 Å². The summed E-state index contributed by atoms with van der Waals surface area (Å²) in [7, 11) is 0. The van der Waals surface area contributed by atoms with Gasteiger partial charge in [0.25, 0.3) is 0 Å². The van der Waals surface area contributed by atoms with Gasteiger partial charge in [0.1, 0.15) is 0 Å². The second-order valence-corrected chi connectivity index (χ2v) is 4.78. The highest BCUT2D eigenvalue weighted by Crippen LogP contribution is 2.17. The first kappa shape index (κ1) is 14.7. The highest BCUT2D eigenvalue weighted by Gasteiger charge is 2.18. The zero-order valence-electron chi connectivity index (χ0n) is 10.8. The van der Waals surface area contributed by atoms with Crippen LogP contribution >= 0.6 is 11.6 Å². The average molecular weight is 269 g/mol. The molecule has 3 nitrogen and oxygen atoms in total. The molecule has 0 aliphatic carbocycles. The lowest BCUT2D eigenvalue weighted by Gasteiger charge is -2.10. The van der Waals surface area contributed by atoms with Crippen molar-refractivity contribution in [3.8, 4) is 0 Å². The Labute approximate surface area is 112 Å². The molecular weight excluding hydrogens is 252 g/mol. The van der Waals surface area contributed by atoms with E-state index >= 15 is 0 Å². The summed E-state index contributed by atoms with van der Waals surface area (Å²) in [6.45, 7) is 5.62. The van der Waals surface area contributed by atoms with E-state index in [9.17, 15) is 9.59 Å². The van der Waals surface area contributed by atoms with Crippen LogP contribution < -0.4 is 0 Å². The van der Waals surface area contributed by atoms with Crippen LogP contribution in [0.4, 0.5) is 0 Å². The molecule has 1 aromatic rings. The lowest BCUT2D eigenvalue weighted by atomic mass is 9.97. The van der Waals surface area contributed by atoms with Crippen LogP contribution in [0, 0.1) is 6.92 Å². The number of hydrogen-bond acceptors (Lipinski definition) is 3. The van der Waals surface area contributed by atoms with Crippen LogP contribution in [-0.2, 0) is 16.0 Å². The summed E-state index contributed by atoms with van der Waals surface area (Å²) in [5.74, 6) is -0.504. The summed E-state index contributed by atoms with van der Waals surface area (Å²) in [5, 5.41) is -0.603. The molecule has 0 aliphatic rings. The summed E-state index contributed by atoms with van der Waals surface area (Å²) in [5.41, 5.74) is 2.16. The number of hydrogen-bond donors (Lipinski definition) is 0. The molecule has 0 aliphatic heterocycles. The number of esters is 1. The molecule has 0 aromatic heterocycles. The Kier molecular flexibility index (Phi) is 5.35. The summed E-state index contributed by atoms with van der Waals surface area (Å²) < 4.78 is 4.90. The molecule has 0 saturated heterocycles. The van der Waals surface area contributed by atoms with E-state index in [0.29, 0.717) is 17.7 Å².